The fourth-order valence-corrected chi connectivity index (χ4v) is 3.88. The lowest BCUT2D eigenvalue weighted by molar-refractivity contribution is 0.512. The lowest BCUT2D eigenvalue weighted by Gasteiger charge is -2.13. The average Bonchev–Trinajstić information content (AvgIpc) is 2.86. The molecule has 0 atom stereocenters. The third-order valence-electron chi connectivity index (χ3n) is 4.37. The van der Waals surface area contributed by atoms with Gasteiger partial charge in [0.15, 0.2) is 0 Å². The van der Waals surface area contributed by atoms with Crippen molar-refractivity contribution < 1.29 is 0 Å². The molecule has 0 bridgehead atoms. The summed E-state index contributed by atoms with van der Waals surface area (Å²) in [6.07, 6.45) is 9.21. The lowest BCUT2D eigenvalue weighted by atomic mass is 10.1. The van der Waals surface area contributed by atoms with Crippen LogP contribution in [0.3, 0.4) is 0 Å². The Kier molecular flexibility index (Phi) is 5.21. The first-order chi connectivity index (χ1) is 11.7. The van der Waals surface area contributed by atoms with Gasteiger partial charge in [-0.15, -0.1) is 5.10 Å². The maximum Gasteiger partial charge on any atom is 0.350 e. The topological polar surface area (TPSA) is 39.8 Å². The van der Waals surface area contributed by atoms with Gasteiger partial charge >= 0.3 is 5.69 Å². The molecule has 0 aliphatic carbocycles. The zero-order valence-electron chi connectivity index (χ0n) is 14.7. The molecule has 25 heavy (non-hydrogen) atoms. The molecule has 1 aliphatic rings. The summed E-state index contributed by atoms with van der Waals surface area (Å²) in [4.78, 5) is 12.7. The van der Waals surface area contributed by atoms with E-state index in [-0.39, 0.29) is 5.69 Å². The monoisotopic (exact) mass is 441 g/mol. The van der Waals surface area contributed by atoms with E-state index >= 15 is 0 Å². The van der Waals surface area contributed by atoms with Crippen molar-refractivity contribution in [1.29, 1.82) is 0 Å². The number of rotatable bonds is 3. The first-order valence-electron chi connectivity index (χ1n) is 8.24. The van der Waals surface area contributed by atoms with Gasteiger partial charge in [-0.1, -0.05) is 40.7 Å². The van der Waals surface area contributed by atoms with Gasteiger partial charge in [0.2, 0.25) is 0 Å². The highest BCUT2D eigenvalue weighted by atomic mass is 79.9. The molecule has 2 aromatic rings. The molecule has 134 valence electrons. The SMILES string of the molecule is C=P(C)(C)C(Br)=Cc1cc(-n2nc3n(c2=O)CCCC3)c(C)cc1Cl. The Bertz CT molecular complexity index is 967. The van der Waals surface area contributed by atoms with Gasteiger partial charge < -0.3 is 0 Å². The second-order valence-electron chi connectivity index (χ2n) is 7.03. The molecule has 4 nitrogen and oxygen atoms in total. The first kappa shape index (κ1) is 18.8. The zero-order chi connectivity index (χ0) is 18.4. The van der Waals surface area contributed by atoms with Gasteiger partial charge in [0, 0.05) is 22.2 Å². The molecule has 1 aliphatic heterocycles. The van der Waals surface area contributed by atoms with E-state index < -0.39 is 6.89 Å². The molecule has 3 rings (SSSR count). The summed E-state index contributed by atoms with van der Waals surface area (Å²) < 4.78 is 4.35. The number of halogens is 2. The summed E-state index contributed by atoms with van der Waals surface area (Å²) in [5.74, 6) is 0.869. The van der Waals surface area contributed by atoms with Gasteiger partial charge in [0.05, 0.1) is 5.69 Å². The predicted molar refractivity (Wildman–Crippen MR) is 113 cm³/mol. The normalized spacial score (nSPS) is 15.3. The van der Waals surface area contributed by atoms with Crippen molar-refractivity contribution in [1.82, 2.24) is 14.3 Å². The quantitative estimate of drug-likeness (QED) is 0.645. The molecular formula is C18H22BrClN3OP. The molecule has 0 amide bonds. The van der Waals surface area contributed by atoms with Crippen LogP contribution in [0.2, 0.25) is 5.02 Å². The average molecular weight is 443 g/mol. The highest BCUT2D eigenvalue weighted by Crippen LogP contribution is 2.50. The van der Waals surface area contributed by atoms with Crippen molar-refractivity contribution >= 4 is 46.8 Å². The van der Waals surface area contributed by atoms with Crippen LogP contribution in [0.4, 0.5) is 0 Å². The lowest BCUT2D eigenvalue weighted by Crippen LogP contribution is -2.26. The van der Waals surface area contributed by atoms with Crippen molar-refractivity contribution in [2.75, 3.05) is 13.3 Å². The predicted octanol–water partition coefficient (Wildman–Crippen LogP) is 4.73. The zero-order valence-corrected chi connectivity index (χ0v) is 18.0. The molecule has 0 spiro atoms. The summed E-state index contributed by atoms with van der Waals surface area (Å²) in [6, 6.07) is 3.83. The summed E-state index contributed by atoms with van der Waals surface area (Å²) in [5.41, 5.74) is 2.50. The van der Waals surface area contributed by atoms with Gasteiger partial charge in [-0.2, -0.15) is 4.68 Å². The minimum absolute atomic E-state index is 0.0703. The van der Waals surface area contributed by atoms with Gasteiger partial charge in [-0.25, -0.2) is 4.79 Å². The fraction of sp³-hybridized carbons (Fsp3) is 0.389. The minimum Gasteiger partial charge on any atom is -0.279 e. The standard InChI is InChI=1S/C18H22BrClN3OP/c1-12-9-14(20)13(11-16(19)25(2,3)4)10-15(12)23-18(24)22-8-6-5-7-17(22)21-23/h9-11H,2,5-8H2,1,3-4H3. The summed E-state index contributed by atoms with van der Waals surface area (Å²) in [7, 11) is 0. The maximum absolute atomic E-state index is 12.7. The molecule has 2 heterocycles. The molecule has 0 radical (unpaired) electrons. The van der Waals surface area contributed by atoms with Crippen LogP contribution >= 0.6 is 34.4 Å². The van der Waals surface area contributed by atoms with Gasteiger partial charge in [0.1, 0.15) is 5.82 Å². The van der Waals surface area contributed by atoms with Crippen LogP contribution in [-0.4, -0.2) is 34.0 Å². The van der Waals surface area contributed by atoms with Crippen LogP contribution in [-0.2, 0) is 13.0 Å². The Hall–Kier alpha value is -1.03. The number of aromatic nitrogens is 3. The molecule has 7 heteroatoms. The van der Waals surface area contributed by atoms with E-state index in [2.05, 4.69) is 40.7 Å². The number of hydrogen-bond donors (Lipinski definition) is 0. The number of aryl methyl sites for hydroxylation is 2. The van der Waals surface area contributed by atoms with E-state index in [1.54, 1.807) is 4.57 Å². The van der Waals surface area contributed by atoms with Gasteiger partial charge in [-0.05, 0) is 62.4 Å². The second kappa shape index (κ2) is 6.94. The van der Waals surface area contributed by atoms with Gasteiger partial charge in [-0.3, -0.25) is 4.57 Å². The summed E-state index contributed by atoms with van der Waals surface area (Å²) in [5, 5.41) is 5.22. The van der Waals surface area contributed by atoms with Crippen LogP contribution in [0, 0.1) is 6.92 Å². The van der Waals surface area contributed by atoms with E-state index in [1.165, 1.54) is 4.68 Å². The summed E-state index contributed by atoms with van der Waals surface area (Å²) in [6.45, 7) is 5.53. The van der Waals surface area contributed by atoms with E-state index in [0.717, 1.165) is 52.7 Å². The Morgan fingerprint density at radius 2 is 2.12 bits per heavy atom. The van der Waals surface area contributed by atoms with E-state index in [4.69, 9.17) is 11.6 Å². The first-order valence-corrected chi connectivity index (χ1v) is 12.3. The Labute approximate surface area is 161 Å². The third-order valence-corrected chi connectivity index (χ3v) is 9.09. The molecule has 0 unspecified atom stereocenters. The minimum atomic E-state index is -1.42. The van der Waals surface area contributed by atoms with Crippen LogP contribution in [0.5, 0.6) is 0 Å². The Morgan fingerprint density at radius 1 is 1.40 bits per heavy atom. The highest BCUT2D eigenvalue weighted by Gasteiger charge is 2.19. The molecule has 1 aromatic carbocycles. The second-order valence-corrected chi connectivity index (χ2v) is 12.8. The van der Waals surface area contributed by atoms with E-state index in [1.807, 2.05) is 25.1 Å². The molecule has 0 N–H and O–H groups in total. The van der Waals surface area contributed by atoms with Crippen LogP contribution in [0.15, 0.2) is 21.2 Å². The van der Waals surface area contributed by atoms with Crippen molar-refractivity contribution in [3.05, 3.63) is 48.8 Å². The van der Waals surface area contributed by atoms with Crippen LogP contribution in [0.1, 0.15) is 29.8 Å². The highest BCUT2D eigenvalue weighted by molar-refractivity contribution is 9.13. The van der Waals surface area contributed by atoms with Crippen LogP contribution in [0.25, 0.3) is 11.8 Å². The fourth-order valence-electron chi connectivity index (χ4n) is 2.88. The van der Waals surface area contributed by atoms with Crippen molar-refractivity contribution in [3.8, 4) is 5.69 Å². The van der Waals surface area contributed by atoms with Gasteiger partial charge in [0.25, 0.3) is 0 Å². The number of fused-ring (bicyclic) bond motifs is 1. The largest absolute Gasteiger partial charge is 0.350 e. The summed E-state index contributed by atoms with van der Waals surface area (Å²) >= 11 is 10.1. The third kappa shape index (κ3) is 3.74. The Balaban J connectivity index is 2.16. The Morgan fingerprint density at radius 3 is 2.76 bits per heavy atom. The van der Waals surface area contributed by atoms with Crippen LogP contribution < -0.4 is 5.69 Å². The molecule has 0 fully saturated rings. The smallest absolute Gasteiger partial charge is 0.279 e. The number of benzene rings is 1. The molecule has 0 saturated carbocycles. The molecule has 1 aromatic heterocycles. The number of hydrogen-bond acceptors (Lipinski definition) is 2. The van der Waals surface area contributed by atoms with E-state index in [0.29, 0.717) is 5.02 Å². The number of nitrogens with zero attached hydrogens (tertiary/aromatic N) is 3. The maximum atomic E-state index is 12.7. The van der Waals surface area contributed by atoms with Crippen molar-refractivity contribution in [3.63, 3.8) is 0 Å². The van der Waals surface area contributed by atoms with Crippen molar-refractivity contribution in [2.45, 2.75) is 32.7 Å². The van der Waals surface area contributed by atoms with E-state index in [9.17, 15) is 4.79 Å². The molecule has 0 saturated heterocycles. The molecular weight excluding hydrogens is 421 g/mol. The van der Waals surface area contributed by atoms with Crippen molar-refractivity contribution in [2.24, 2.45) is 0 Å².